The van der Waals surface area contributed by atoms with Crippen LogP contribution in [-0.2, 0) is 0 Å². The summed E-state index contributed by atoms with van der Waals surface area (Å²) in [5.41, 5.74) is 6.44. The Balaban J connectivity index is 3.10. The summed E-state index contributed by atoms with van der Waals surface area (Å²) < 4.78 is 0. The van der Waals surface area contributed by atoms with Gasteiger partial charge in [0.1, 0.15) is 0 Å². The monoisotopic (exact) mass is 231 g/mol. The quantitative estimate of drug-likeness (QED) is 0.786. The highest BCUT2D eigenvalue weighted by Crippen LogP contribution is 2.29. The van der Waals surface area contributed by atoms with Crippen LogP contribution in [0.3, 0.4) is 0 Å². The first kappa shape index (κ1) is 11.9. The normalized spacial score (nSPS) is 15.2. The second-order valence-corrected chi connectivity index (χ2v) is 4.47. The molecule has 0 aromatic heterocycles. The zero-order valence-electron chi connectivity index (χ0n) is 8.20. The van der Waals surface area contributed by atoms with Crippen LogP contribution in [0.25, 0.3) is 0 Å². The van der Waals surface area contributed by atoms with Gasteiger partial charge >= 0.3 is 0 Å². The molecule has 1 aromatic rings. The highest BCUT2D eigenvalue weighted by molar-refractivity contribution is 7.98. The molecule has 1 aromatic carbocycles. The molecule has 4 heteroatoms. The molecule has 0 aliphatic carbocycles. The van der Waals surface area contributed by atoms with Crippen LogP contribution in [0.4, 0.5) is 0 Å². The highest BCUT2D eigenvalue weighted by atomic mass is 35.5. The molecule has 0 heterocycles. The van der Waals surface area contributed by atoms with Gasteiger partial charge in [-0.05, 0) is 36.9 Å². The Labute approximate surface area is 93.5 Å². The molecule has 2 atom stereocenters. The van der Waals surface area contributed by atoms with Crippen molar-refractivity contribution in [2.75, 3.05) is 6.26 Å². The number of aliphatic hydroxyl groups is 1. The zero-order valence-corrected chi connectivity index (χ0v) is 9.77. The molecule has 0 saturated heterocycles. The molecule has 0 amide bonds. The van der Waals surface area contributed by atoms with E-state index in [1.165, 1.54) is 0 Å². The van der Waals surface area contributed by atoms with Gasteiger partial charge < -0.3 is 10.8 Å². The predicted octanol–water partition coefficient (Wildman–Crippen LogP) is 2.44. The van der Waals surface area contributed by atoms with Gasteiger partial charge in [0.05, 0.1) is 6.10 Å². The first-order chi connectivity index (χ1) is 6.56. The number of thioether (sulfide) groups is 1. The largest absolute Gasteiger partial charge is 0.387 e. The summed E-state index contributed by atoms with van der Waals surface area (Å²) >= 11 is 7.44. The smallest absolute Gasteiger partial charge is 0.0949 e. The predicted molar refractivity (Wildman–Crippen MR) is 61.8 cm³/mol. The molecule has 0 spiro atoms. The highest BCUT2D eigenvalue weighted by Gasteiger charge is 2.16. The van der Waals surface area contributed by atoms with Gasteiger partial charge in [-0.2, -0.15) is 0 Å². The maximum atomic E-state index is 9.84. The van der Waals surface area contributed by atoms with E-state index in [0.29, 0.717) is 5.02 Å². The average Bonchev–Trinajstić information content (AvgIpc) is 2.16. The van der Waals surface area contributed by atoms with E-state index in [4.69, 9.17) is 17.3 Å². The van der Waals surface area contributed by atoms with Gasteiger partial charge in [-0.3, -0.25) is 0 Å². The summed E-state index contributed by atoms with van der Waals surface area (Å²) in [5, 5.41) is 10.5. The van der Waals surface area contributed by atoms with Crippen molar-refractivity contribution < 1.29 is 5.11 Å². The van der Waals surface area contributed by atoms with Crippen molar-refractivity contribution in [1.29, 1.82) is 0 Å². The lowest BCUT2D eigenvalue weighted by atomic mass is 10.0. The maximum absolute atomic E-state index is 9.84. The van der Waals surface area contributed by atoms with Gasteiger partial charge in [0.25, 0.3) is 0 Å². The molecule has 2 nitrogen and oxygen atoms in total. The molecule has 0 fully saturated rings. The van der Waals surface area contributed by atoms with Crippen molar-refractivity contribution >= 4 is 23.4 Å². The molecular formula is C10H14ClNOS. The Kier molecular flexibility index (Phi) is 4.26. The van der Waals surface area contributed by atoms with E-state index in [0.717, 1.165) is 10.5 Å². The van der Waals surface area contributed by atoms with Crippen molar-refractivity contribution in [1.82, 2.24) is 0 Å². The lowest BCUT2D eigenvalue weighted by molar-refractivity contribution is 0.150. The third-order valence-electron chi connectivity index (χ3n) is 2.01. The summed E-state index contributed by atoms with van der Waals surface area (Å²) in [4.78, 5) is 1.01. The Morgan fingerprint density at radius 1 is 1.50 bits per heavy atom. The van der Waals surface area contributed by atoms with Crippen molar-refractivity contribution in [2.24, 2.45) is 5.73 Å². The van der Waals surface area contributed by atoms with Crippen LogP contribution >= 0.6 is 23.4 Å². The third-order valence-corrected chi connectivity index (χ3v) is 3.06. The Morgan fingerprint density at radius 2 is 2.14 bits per heavy atom. The second-order valence-electron chi connectivity index (χ2n) is 3.19. The molecule has 2 unspecified atom stereocenters. The van der Waals surface area contributed by atoms with Crippen LogP contribution in [0.15, 0.2) is 23.1 Å². The molecule has 0 aliphatic rings. The van der Waals surface area contributed by atoms with Crippen molar-refractivity contribution in [3.8, 4) is 0 Å². The SMILES string of the molecule is CSc1ccc(Cl)cc1C(O)C(C)N. The fourth-order valence-electron chi connectivity index (χ4n) is 1.22. The Bertz CT molecular complexity index is 317. The van der Waals surface area contributed by atoms with Crippen LogP contribution in [0.2, 0.25) is 5.02 Å². The number of halogens is 1. The van der Waals surface area contributed by atoms with Gasteiger partial charge in [-0.1, -0.05) is 11.6 Å². The second kappa shape index (κ2) is 5.03. The first-order valence-electron chi connectivity index (χ1n) is 4.33. The van der Waals surface area contributed by atoms with Crippen LogP contribution in [-0.4, -0.2) is 17.4 Å². The topological polar surface area (TPSA) is 46.2 Å². The van der Waals surface area contributed by atoms with E-state index in [1.54, 1.807) is 24.8 Å². The number of benzene rings is 1. The van der Waals surface area contributed by atoms with E-state index in [-0.39, 0.29) is 6.04 Å². The van der Waals surface area contributed by atoms with E-state index in [2.05, 4.69) is 0 Å². The molecule has 78 valence electrons. The van der Waals surface area contributed by atoms with Crippen LogP contribution in [0.5, 0.6) is 0 Å². The Hall–Kier alpha value is -0.220. The number of hydrogen-bond acceptors (Lipinski definition) is 3. The molecule has 0 bridgehead atoms. The fourth-order valence-corrected chi connectivity index (χ4v) is 2.02. The van der Waals surface area contributed by atoms with E-state index in [9.17, 15) is 5.11 Å². The third kappa shape index (κ3) is 2.64. The van der Waals surface area contributed by atoms with E-state index < -0.39 is 6.10 Å². The molecule has 0 radical (unpaired) electrons. The number of nitrogens with two attached hydrogens (primary N) is 1. The molecular weight excluding hydrogens is 218 g/mol. The van der Waals surface area contributed by atoms with E-state index >= 15 is 0 Å². The lowest BCUT2D eigenvalue weighted by Crippen LogP contribution is -2.24. The van der Waals surface area contributed by atoms with E-state index in [1.807, 2.05) is 18.4 Å². The number of hydrogen-bond donors (Lipinski definition) is 2. The molecule has 0 saturated carbocycles. The Morgan fingerprint density at radius 3 is 2.64 bits per heavy atom. The minimum atomic E-state index is -0.656. The standard InChI is InChI=1S/C10H14ClNOS/c1-6(12)10(13)8-5-7(11)3-4-9(8)14-2/h3-6,10,13H,12H2,1-2H3. The minimum absolute atomic E-state index is 0.292. The average molecular weight is 232 g/mol. The maximum Gasteiger partial charge on any atom is 0.0949 e. The molecule has 0 aliphatic heterocycles. The van der Waals surface area contributed by atoms with Gasteiger partial charge in [-0.15, -0.1) is 11.8 Å². The van der Waals surface area contributed by atoms with Gasteiger partial charge in [0, 0.05) is 16.0 Å². The van der Waals surface area contributed by atoms with Gasteiger partial charge in [-0.25, -0.2) is 0 Å². The van der Waals surface area contributed by atoms with Crippen molar-refractivity contribution in [3.63, 3.8) is 0 Å². The van der Waals surface area contributed by atoms with Crippen LogP contribution < -0.4 is 5.73 Å². The van der Waals surface area contributed by atoms with Crippen molar-refractivity contribution in [3.05, 3.63) is 28.8 Å². The number of rotatable bonds is 3. The summed E-state index contributed by atoms with van der Waals surface area (Å²) in [7, 11) is 0. The van der Waals surface area contributed by atoms with Gasteiger partial charge in [0.2, 0.25) is 0 Å². The summed E-state index contributed by atoms with van der Waals surface area (Å²) in [6, 6.07) is 5.18. The zero-order chi connectivity index (χ0) is 10.7. The lowest BCUT2D eigenvalue weighted by Gasteiger charge is -2.17. The summed E-state index contributed by atoms with van der Waals surface area (Å²) in [6.07, 6.45) is 1.30. The number of aliphatic hydroxyl groups excluding tert-OH is 1. The fraction of sp³-hybridized carbons (Fsp3) is 0.400. The molecule has 3 N–H and O–H groups in total. The molecule has 14 heavy (non-hydrogen) atoms. The minimum Gasteiger partial charge on any atom is -0.387 e. The molecule has 1 rings (SSSR count). The summed E-state index contributed by atoms with van der Waals surface area (Å²) in [6.45, 7) is 1.77. The van der Waals surface area contributed by atoms with Gasteiger partial charge in [0.15, 0.2) is 0 Å². The van der Waals surface area contributed by atoms with Crippen LogP contribution in [0, 0.1) is 0 Å². The van der Waals surface area contributed by atoms with Crippen molar-refractivity contribution in [2.45, 2.75) is 24.0 Å². The summed E-state index contributed by atoms with van der Waals surface area (Å²) in [5.74, 6) is 0. The van der Waals surface area contributed by atoms with Crippen LogP contribution in [0.1, 0.15) is 18.6 Å². The first-order valence-corrected chi connectivity index (χ1v) is 5.93.